The van der Waals surface area contributed by atoms with E-state index in [-0.39, 0.29) is 6.04 Å². The molecule has 1 unspecified atom stereocenters. The number of nitrogens with one attached hydrogen (secondary N) is 1. The Morgan fingerprint density at radius 3 is 2.58 bits per heavy atom. The molecule has 2 rings (SSSR count). The summed E-state index contributed by atoms with van der Waals surface area (Å²) in [5.41, 5.74) is 6.80. The first-order valence-electron chi connectivity index (χ1n) is 7.20. The molecule has 2 aromatic rings. The Morgan fingerprint density at radius 2 is 1.95 bits per heavy atom. The zero-order valence-corrected chi connectivity index (χ0v) is 11.9. The van der Waals surface area contributed by atoms with Crippen LogP contribution in [0.1, 0.15) is 38.5 Å². The first-order chi connectivity index (χ1) is 9.28. The van der Waals surface area contributed by atoms with Crippen molar-refractivity contribution in [3.63, 3.8) is 0 Å². The van der Waals surface area contributed by atoms with E-state index in [2.05, 4.69) is 31.3 Å². The summed E-state index contributed by atoms with van der Waals surface area (Å²) in [5.74, 6) is 1.65. The second-order valence-corrected chi connectivity index (χ2v) is 5.07. The van der Waals surface area contributed by atoms with Crippen LogP contribution >= 0.6 is 0 Å². The second-order valence-electron chi connectivity index (χ2n) is 5.07. The summed E-state index contributed by atoms with van der Waals surface area (Å²) in [6, 6.07) is 10.3. The van der Waals surface area contributed by atoms with Gasteiger partial charge in [0.15, 0.2) is 0 Å². The minimum atomic E-state index is 0.105. The van der Waals surface area contributed by atoms with Crippen molar-refractivity contribution in [2.45, 2.75) is 32.7 Å². The Morgan fingerprint density at radius 1 is 1.21 bits per heavy atom. The lowest BCUT2D eigenvalue weighted by Crippen LogP contribution is -2.31. The molecule has 3 nitrogen and oxygen atoms in total. The Labute approximate surface area is 115 Å². The van der Waals surface area contributed by atoms with E-state index in [9.17, 15) is 0 Å². The Bertz CT molecular complexity index is 469. The molecule has 0 fully saturated rings. The second kappa shape index (κ2) is 6.73. The van der Waals surface area contributed by atoms with Gasteiger partial charge < -0.3 is 15.5 Å². The summed E-state index contributed by atoms with van der Waals surface area (Å²) in [4.78, 5) is 0. The van der Waals surface area contributed by atoms with Gasteiger partial charge in [0.05, 0.1) is 6.04 Å². The van der Waals surface area contributed by atoms with Gasteiger partial charge in [-0.2, -0.15) is 0 Å². The van der Waals surface area contributed by atoms with Crippen LogP contribution < -0.4 is 11.1 Å². The largest absolute Gasteiger partial charge is 0.459 e. The molecule has 0 amide bonds. The molecule has 0 aliphatic heterocycles. The fourth-order valence-electron chi connectivity index (χ4n) is 2.36. The fourth-order valence-corrected chi connectivity index (χ4v) is 2.36. The van der Waals surface area contributed by atoms with E-state index < -0.39 is 0 Å². The van der Waals surface area contributed by atoms with Crippen LogP contribution in [0.4, 0.5) is 0 Å². The number of nitrogens with two attached hydrogens (primary N) is 1. The Hall–Kier alpha value is -1.32. The molecule has 0 bridgehead atoms. The van der Waals surface area contributed by atoms with Crippen LogP contribution in [0.3, 0.4) is 0 Å². The smallest absolute Gasteiger partial charge is 0.134 e. The third-order valence-corrected chi connectivity index (χ3v) is 3.83. The van der Waals surface area contributed by atoms with E-state index >= 15 is 0 Å². The van der Waals surface area contributed by atoms with Gasteiger partial charge in [0.1, 0.15) is 11.3 Å². The highest BCUT2D eigenvalue weighted by atomic mass is 16.3. The van der Waals surface area contributed by atoms with Crippen molar-refractivity contribution in [3.05, 3.63) is 36.1 Å². The molecule has 3 N–H and O–H groups in total. The highest BCUT2D eigenvalue weighted by molar-refractivity contribution is 5.77. The maximum absolute atomic E-state index is 5.88. The minimum absolute atomic E-state index is 0.105. The van der Waals surface area contributed by atoms with Gasteiger partial charge in [-0.1, -0.05) is 44.9 Å². The molecule has 0 aliphatic carbocycles. The molecule has 0 saturated heterocycles. The van der Waals surface area contributed by atoms with E-state index in [0.29, 0.717) is 12.5 Å². The van der Waals surface area contributed by atoms with Gasteiger partial charge in [-0.05, 0) is 24.6 Å². The minimum Gasteiger partial charge on any atom is -0.459 e. The lowest BCUT2D eigenvalue weighted by molar-refractivity contribution is 0.380. The van der Waals surface area contributed by atoms with Gasteiger partial charge in [0, 0.05) is 11.9 Å². The number of fused-ring (bicyclic) bond motifs is 1. The fraction of sp³-hybridized carbons (Fsp3) is 0.500. The van der Waals surface area contributed by atoms with Gasteiger partial charge in [0.25, 0.3) is 0 Å². The average molecular weight is 260 g/mol. The molecular formula is C16H24N2O. The normalized spacial score (nSPS) is 13.3. The molecule has 104 valence electrons. The molecular weight excluding hydrogens is 236 g/mol. The van der Waals surface area contributed by atoms with E-state index in [0.717, 1.165) is 23.3 Å². The highest BCUT2D eigenvalue weighted by Gasteiger charge is 2.15. The van der Waals surface area contributed by atoms with Gasteiger partial charge >= 0.3 is 0 Å². The maximum Gasteiger partial charge on any atom is 0.134 e. The Kier molecular flexibility index (Phi) is 5.00. The molecule has 0 saturated carbocycles. The van der Waals surface area contributed by atoms with Crippen LogP contribution in [0.5, 0.6) is 0 Å². The summed E-state index contributed by atoms with van der Waals surface area (Å²) < 4.78 is 5.88. The first kappa shape index (κ1) is 14.1. The number of benzene rings is 1. The van der Waals surface area contributed by atoms with Crippen molar-refractivity contribution in [3.8, 4) is 0 Å². The molecule has 1 heterocycles. The number of rotatable bonds is 7. The van der Waals surface area contributed by atoms with Crippen molar-refractivity contribution in [2.24, 2.45) is 11.7 Å². The molecule has 19 heavy (non-hydrogen) atoms. The SMILES string of the molecule is CCC(CC)CNC(CN)c1cc2ccccc2o1. The van der Waals surface area contributed by atoms with Gasteiger partial charge in [-0.25, -0.2) is 0 Å². The molecule has 1 aromatic heterocycles. The molecule has 1 atom stereocenters. The third kappa shape index (κ3) is 3.37. The third-order valence-electron chi connectivity index (χ3n) is 3.83. The zero-order valence-electron chi connectivity index (χ0n) is 11.9. The molecule has 0 aliphatic rings. The molecule has 3 heteroatoms. The number of para-hydroxylation sites is 1. The van der Waals surface area contributed by atoms with E-state index in [1.165, 1.54) is 12.8 Å². The van der Waals surface area contributed by atoms with Crippen LogP contribution in [0.25, 0.3) is 11.0 Å². The predicted octanol–water partition coefficient (Wildman–Crippen LogP) is 3.46. The standard InChI is InChI=1S/C16H24N2O/c1-3-12(4-2)11-18-14(10-17)16-9-13-7-5-6-8-15(13)19-16/h5-9,12,14,18H,3-4,10-11,17H2,1-2H3. The van der Waals surface area contributed by atoms with Crippen molar-refractivity contribution in [2.75, 3.05) is 13.1 Å². The lowest BCUT2D eigenvalue weighted by atomic mass is 10.0. The maximum atomic E-state index is 5.88. The quantitative estimate of drug-likeness (QED) is 0.801. The molecule has 1 aromatic carbocycles. The highest BCUT2D eigenvalue weighted by Crippen LogP contribution is 2.23. The van der Waals surface area contributed by atoms with E-state index in [4.69, 9.17) is 10.2 Å². The van der Waals surface area contributed by atoms with E-state index in [1.54, 1.807) is 0 Å². The summed E-state index contributed by atoms with van der Waals surface area (Å²) in [6.45, 7) is 6.01. The lowest BCUT2D eigenvalue weighted by Gasteiger charge is -2.18. The predicted molar refractivity (Wildman–Crippen MR) is 80.1 cm³/mol. The van der Waals surface area contributed by atoms with Gasteiger partial charge in [-0.15, -0.1) is 0 Å². The monoisotopic (exact) mass is 260 g/mol. The van der Waals surface area contributed by atoms with Crippen LogP contribution in [0.2, 0.25) is 0 Å². The van der Waals surface area contributed by atoms with Gasteiger partial charge in [-0.3, -0.25) is 0 Å². The van der Waals surface area contributed by atoms with Crippen molar-refractivity contribution < 1.29 is 4.42 Å². The summed E-state index contributed by atoms with van der Waals surface area (Å²) in [7, 11) is 0. The van der Waals surface area contributed by atoms with Crippen molar-refractivity contribution in [1.82, 2.24) is 5.32 Å². The summed E-state index contributed by atoms with van der Waals surface area (Å²) in [6.07, 6.45) is 2.39. The summed E-state index contributed by atoms with van der Waals surface area (Å²) in [5, 5.41) is 4.67. The van der Waals surface area contributed by atoms with Crippen LogP contribution in [-0.2, 0) is 0 Å². The van der Waals surface area contributed by atoms with Gasteiger partial charge in [0.2, 0.25) is 0 Å². The van der Waals surface area contributed by atoms with Crippen LogP contribution in [0, 0.1) is 5.92 Å². The van der Waals surface area contributed by atoms with Crippen LogP contribution in [0.15, 0.2) is 34.7 Å². The van der Waals surface area contributed by atoms with Crippen molar-refractivity contribution >= 4 is 11.0 Å². The molecule has 0 radical (unpaired) electrons. The Balaban J connectivity index is 2.08. The summed E-state index contributed by atoms with van der Waals surface area (Å²) >= 11 is 0. The number of hydrogen-bond acceptors (Lipinski definition) is 3. The topological polar surface area (TPSA) is 51.2 Å². The molecule has 0 spiro atoms. The van der Waals surface area contributed by atoms with Crippen LogP contribution in [-0.4, -0.2) is 13.1 Å². The number of furan rings is 1. The zero-order chi connectivity index (χ0) is 13.7. The van der Waals surface area contributed by atoms with E-state index in [1.807, 2.05) is 18.2 Å². The number of hydrogen-bond donors (Lipinski definition) is 2. The first-order valence-corrected chi connectivity index (χ1v) is 7.20. The average Bonchev–Trinajstić information content (AvgIpc) is 2.87. The van der Waals surface area contributed by atoms with Crippen molar-refractivity contribution in [1.29, 1.82) is 0 Å².